The number of nitrogens with one attached hydrogen (secondary N) is 1. The molecular weight excluding hydrogens is 194 g/mol. The van der Waals surface area contributed by atoms with Crippen LogP contribution in [0.4, 0.5) is 5.82 Å². The minimum absolute atomic E-state index is 0.137. The highest BCUT2D eigenvalue weighted by atomic mass is 16.3. The topological polar surface area (TPSA) is 69.2 Å². The summed E-state index contributed by atoms with van der Waals surface area (Å²) >= 11 is 0. The molecule has 1 fully saturated rings. The van der Waals surface area contributed by atoms with E-state index in [9.17, 15) is 4.79 Å². The number of nitrogens with zero attached hydrogens (tertiary/aromatic N) is 2. The Labute approximate surface area is 87.8 Å². The van der Waals surface area contributed by atoms with Crippen LogP contribution in [-0.2, 0) is 0 Å². The summed E-state index contributed by atoms with van der Waals surface area (Å²) in [4.78, 5) is 20.1. The van der Waals surface area contributed by atoms with Gasteiger partial charge in [-0.3, -0.25) is 4.79 Å². The fourth-order valence-electron chi connectivity index (χ4n) is 2.01. The van der Waals surface area contributed by atoms with E-state index in [1.807, 2.05) is 4.90 Å². The first-order valence-electron chi connectivity index (χ1n) is 5.20. The largest absolute Gasteiger partial charge is 0.396 e. The lowest BCUT2D eigenvalue weighted by molar-refractivity contribution is 0.263. The third-order valence-corrected chi connectivity index (χ3v) is 2.81. The van der Waals surface area contributed by atoms with Crippen LogP contribution in [0.2, 0.25) is 0 Å². The minimum atomic E-state index is -0.137. The van der Waals surface area contributed by atoms with Crippen molar-refractivity contribution in [3.05, 3.63) is 22.7 Å². The van der Waals surface area contributed by atoms with E-state index in [4.69, 9.17) is 5.11 Å². The predicted molar refractivity (Wildman–Crippen MR) is 56.9 cm³/mol. The quantitative estimate of drug-likeness (QED) is 0.734. The van der Waals surface area contributed by atoms with Crippen molar-refractivity contribution in [3.8, 4) is 0 Å². The fraction of sp³-hybridized carbons (Fsp3) is 0.600. The molecule has 1 aromatic heterocycles. The van der Waals surface area contributed by atoms with Gasteiger partial charge in [0.2, 0.25) is 0 Å². The van der Waals surface area contributed by atoms with Crippen LogP contribution in [0.5, 0.6) is 0 Å². The first kappa shape index (κ1) is 10.2. The molecule has 82 valence electrons. The van der Waals surface area contributed by atoms with Gasteiger partial charge in [-0.2, -0.15) is 0 Å². The van der Waals surface area contributed by atoms with Gasteiger partial charge in [-0.15, -0.1) is 0 Å². The third kappa shape index (κ3) is 2.18. The second-order valence-corrected chi connectivity index (χ2v) is 3.85. The molecule has 0 aromatic carbocycles. The van der Waals surface area contributed by atoms with Crippen LogP contribution in [0.3, 0.4) is 0 Å². The molecule has 1 aromatic rings. The van der Waals surface area contributed by atoms with Gasteiger partial charge in [0.05, 0.1) is 0 Å². The molecule has 2 N–H and O–H groups in total. The first-order valence-corrected chi connectivity index (χ1v) is 5.20. The number of hydrogen-bond donors (Lipinski definition) is 2. The molecule has 0 radical (unpaired) electrons. The molecule has 0 saturated carbocycles. The Kier molecular flexibility index (Phi) is 3.01. The van der Waals surface area contributed by atoms with Gasteiger partial charge < -0.3 is 15.0 Å². The summed E-state index contributed by atoms with van der Waals surface area (Å²) in [6, 6.07) is 0. The van der Waals surface area contributed by atoms with Crippen molar-refractivity contribution < 1.29 is 5.11 Å². The maximum atomic E-state index is 11.5. The van der Waals surface area contributed by atoms with Gasteiger partial charge in [0.1, 0.15) is 0 Å². The van der Waals surface area contributed by atoms with Gasteiger partial charge in [-0.05, 0) is 18.8 Å². The zero-order valence-corrected chi connectivity index (χ0v) is 8.52. The number of aromatic amines is 1. The van der Waals surface area contributed by atoms with Gasteiger partial charge in [-0.25, -0.2) is 4.98 Å². The second-order valence-electron chi connectivity index (χ2n) is 3.85. The Balaban J connectivity index is 2.08. The van der Waals surface area contributed by atoms with E-state index in [2.05, 4.69) is 9.97 Å². The van der Waals surface area contributed by atoms with Gasteiger partial charge in [0.25, 0.3) is 5.56 Å². The Morgan fingerprint density at radius 3 is 3.27 bits per heavy atom. The Hall–Kier alpha value is -1.36. The zero-order chi connectivity index (χ0) is 10.7. The van der Waals surface area contributed by atoms with Crippen molar-refractivity contribution in [2.75, 3.05) is 24.6 Å². The Morgan fingerprint density at radius 1 is 1.67 bits per heavy atom. The van der Waals surface area contributed by atoms with Gasteiger partial charge in [0, 0.05) is 32.1 Å². The molecule has 0 bridgehead atoms. The summed E-state index contributed by atoms with van der Waals surface area (Å²) in [5.74, 6) is 0.981. The normalized spacial score (nSPS) is 20.9. The summed E-state index contributed by atoms with van der Waals surface area (Å²) in [5, 5.41) is 8.84. The number of rotatable bonds is 3. The molecule has 5 nitrogen and oxygen atoms in total. The summed E-state index contributed by atoms with van der Waals surface area (Å²) in [6.45, 7) is 1.89. The molecule has 0 amide bonds. The highest BCUT2D eigenvalue weighted by molar-refractivity contribution is 5.36. The average molecular weight is 209 g/mol. The molecule has 5 heteroatoms. The minimum Gasteiger partial charge on any atom is -0.396 e. The Morgan fingerprint density at radius 2 is 2.53 bits per heavy atom. The zero-order valence-electron chi connectivity index (χ0n) is 8.52. The molecule has 1 saturated heterocycles. The van der Waals surface area contributed by atoms with Crippen LogP contribution in [0.25, 0.3) is 0 Å². The smallest absolute Gasteiger partial charge is 0.290 e. The summed E-state index contributed by atoms with van der Waals surface area (Å²) in [6.07, 6.45) is 4.96. The van der Waals surface area contributed by atoms with E-state index in [1.54, 1.807) is 6.20 Å². The molecular formula is C10H15N3O2. The lowest BCUT2D eigenvalue weighted by atomic mass is 10.1. The van der Waals surface area contributed by atoms with Gasteiger partial charge >= 0.3 is 0 Å². The average Bonchev–Trinajstić information content (AvgIpc) is 2.68. The fourth-order valence-corrected chi connectivity index (χ4v) is 2.01. The number of aliphatic hydroxyl groups is 1. The monoisotopic (exact) mass is 209 g/mol. The summed E-state index contributed by atoms with van der Waals surface area (Å²) in [5.41, 5.74) is -0.137. The highest BCUT2D eigenvalue weighted by Gasteiger charge is 2.24. The van der Waals surface area contributed by atoms with Crippen molar-refractivity contribution >= 4 is 5.82 Å². The number of aromatic nitrogens is 2. The SMILES string of the molecule is O=c1[nH]ccnc1N1CCC(CCO)C1. The van der Waals surface area contributed by atoms with Crippen LogP contribution in [-0.4, -0.2) is 34.8 Å². The molecule has 1 unspecified atom stereocenters. The van der Waals surface area contributed by atoms with Crippen molar-refractivity contribution in [3.63, 3.8) is 0 Å². The van der Waals surface area contributed by atoms with Crippen molar-refractivity contribution in [2.45, 2.75) is 12.8 Å². The maximum Gasteiger partial charge on any atom is 0.290 e. The van der Waals surface area contributed by atoms with E-state index >= 15 is 0 Å². The van der Waals surface area contributed by atoms with Gasteiger partial charge in [0.15, 0.2) is 5.82 Å². The van der Waals surface area contributed by atoms with Crippen LogP contribution in [0.1, 0.15) is 12.8 Å². The number of anilines is 1. The standard InChI is InChI=1S/C10H15N3O2/c14-6-2-8-1-5-13(7-8)9-10(15)12-4-3-11-9/h3-4,8,14H,1-2,5-7H2,(H,12,15). The molecule has 15 heavy (non-hydrogen) atoms. The highest BCUT2D eigenvalue weighted by Crippen LogP contribution is 2.21. The van der Waals surface area contributed by atoms with Crippen LogP contribution in [0.15, 0.2) is 17.2 Å². The number of hydrogen-bond acceptors (Lipinski definition) is 4. The number of H-pyrrole nitrogens is 1. The van der Waals surface area contributed by atoms with E-state index in [0.717, 1.165) is 25.9 Å². The molecule has 1 aliphatic rings. The molecule has 2 rings (SSSR count). The summed E-state index contributed by atoms with van der Waals surface area (Å²) < 4.78 is 0. The van der Waals surface area contributed by atoms with E-state index in [0.29, 0.717) is 11.7 Å². The van der Waals surface area contributed by atoms with Crippen LogP contribution < -0.4 is 10.5 Å². The molecule has 0 spiro atoms. The Bertz CT molecular complexity index is 377. The lowest BCUT2D eigenvalue weighted by Gasteiger charge is -2.15. The second kappa shape index (κ2) is 4.44. The van der Waals surface area contributed by atoms with Crippen LogP contribution in [0, 0.1) is 5.92 Å². The van der Waals surface area contributed by atoms with Crippen molar-refractivity contribution in [1.29, 1.82) is 0 Å². The van der Waals surface area contributed by atoms with E-state index < -0.39 is 0 Å². The van der Waals surface area contributed by atoms with E-state index in [-0.39, 0.29) is 12.2 Å². The molecule has 1 atom stereocenters. The van der Waals surface area contributed by atoms with Crippen LogP contribution >= 0.6 is 0 Å². The van der Waals surface area contributed by atoms with Crippen molar-refractivity contribution in [2.24, 2.45) is 5.92 Å². The number of aliphatic hydroxyl groups excluding tert-OH is 1. The molecule has 1 aliphatic heterocycles. The van der Waals surface area contributed by atoms with E-state index in [1.165, 1.54) is 6.20 Å². The predicted octanol–water partition coefficient (Wildman–Crippen LogP) is -0.0214. The lowest BCUT2D eigenvalue weighted by Crippen LogP contribution is -2.28. The molecule has 0 aliphatic carbocycles. The maximum absolute atomic E-state index is 11.5. The van der Waals surface area contributed by atoms with Crippen molar-refractivity contribution in [1.82, 2.24) is 9.97 Å². The van der Waals surface area contributed by atoms with Gasteiger partial charge in [-0.1, -0.05) is 0 Å². The summed E-state index contributed by atoms with van der Waals surface area (Å²) in [7, 11) is 0. The molecule has 2 heterocycles. The third-order valence-electron chi connectivity index (χ3n) is 2.81. The first-order chi connectivity index (χ1) is 7.31.